The van der Waals surface area contributed by atoms with Crippen LogP contribution in [-0.2, 0) is 9.47 Å². The van der Waals surface area contributed by atoms with E-state index in [1.165, 1.54) is 0 Å². The van der Waals surface area contributed by atoms with Gasteiger partial charge in [0, 0.05) is 18.7 Å². The van der Waals surface area contributed by atoms with Crippen molar-refractivity contribution < 1.29 is 9.47 Å². The van der Waals surface area contributed by atoms with Crippen LogP contribution in [0.1, 0.15) is 39.5 Å². The Labute approximate surface area is 132 Å². The van der Waals surface area contributed by atoms with Crippen LogP contribution in [0.15, 0.2) is 12.4 Å². The first-order valence-electron chi connectivity index (χ1n) is 8.27. The fourth-order valence-corrected chi connectivity index (χ4v) is 3.31. The van der Waals surface area contributed by atoms with E-state index < -0.39 is 0 Å². The molecule has 6 nitrogen and oxygen atoms in total. The zero-order valence-electron chi connectivity index (χ0n) is 13.4. The molecule has 2 saturated heterocycles. The van der Waals surface area contributed by atoms with Crippen LogP contribution in [-0.4, -0.2) is 47.5 Å². The van der Waals surface area contributed by atoms with E-state index in [2.05, 4.69) is 34.4 Å². The number of hydrogen-bond acceptors (Lipinski definition) is 6. The molecule has 0 aromatic carbocycles. The highest BCUT2D eigenvalue weighted by atomic mass is 16.5. The van der Waals surface area contributed by atoms with Gasteiger partial charge in [-0.2, -0.15) is 0 Å². The summed E-state index contributed by atoms with van der Waals surface area (Å²) in [6.07, 6.45) is 6.44. The smallest absolute Gasteiger partial charge is 0.131 e. The Hall–Kier alpha value is -1.40. The maximum atomic E-state index is 5.78. The third-order valence-electron chi connectivity index (χ3n) is 4.23. The Morgan fingerprint density at radius 2 is 1.73 bits per heavy atom. The van der Waals surface area contributed by atoms with Crippen molar-refractivity contribution >= 4 is 11.6 Å². The zero-order valence-corrected chi connectivity index (χ0v) is 13.4. The van der Waals surface area contributed by atoms with E-state index in [0.29, 0.717) is 24.3 Å². The van der Waals surface area contributed by atoms with E-state index in [-0.39, 0.29) is 0 Å². The number of aromatic nitrogens is 2. The van der Waals surface area contributed by atoms with Crippen molar-refractivity contribution in [3.05, 3.63) is 12.4 Å². The molecule has 3 heterocycles. The Bertz CT molecular complexity index is 469. The second-order valence-corrected chi connectivity index (χ2v) is 6.42. The van der Waals surface area contributed by atoms with E-state index in [9.17, 15) is 0 Å². The van der Waals surface area contributed by atoms with Gasteiger partial charge in [-0.05, 0) is 39.5 Å². The molecular weight excluding hydrogens is 280 g/mol. The largest absolute Gasteiger partial charge is 0.379 e. The SMILES string of the molecule is C[C@@H]1CC(Nc2cc(N[C@H]3CCCOC3)ncn2)C[C@@H](C)O1. The minimum atomic E-state index is 0.292. The highest BCUT2D eigenvalue weighted by Crippen LogP contribution is 2.22. The molecular formula is C16H26N4O2. The Morgan fingerprint density at radius 3 is 2.36 bits per heavy atom. The lowest BCUT2D eigenvalue weighted by Gasteiger charge is -2.32. The van der Waals surface area contributed by atoms with Gasteiger partial charge in [-0.3, -0.25) is 0 Å². The van der Waals surface area contributed by atoms with Crippen LogP contribution in [0.5, 0.6) is 0 Å². The Morgan fingerprint density at radius 1 is 1.05 bits per heavy atom. The topological polar surface area (TPSA) is 68.3 Å². The zero-order chi connectivity index (χ0) is 15.4. The van der Waals surface area contributed by atoms with Crippen LogP contribution < -0.4 is 10.6 Å². The molecule has 3 atom stereocenters. The predicted octanol–water partition coefficient (Wildman–Crippen LogP) is 2.44. The van der Waals surface area contributed by atoms with Crippen LogP contribution in [0, 0.1) is 0 Å². The Kier molecular flexibility index (Phi) is 5.10. The number of nitrogens with zero attached hydrogens (tertiary/aromatic N) is 2. The average Bonchev–Trinajstić information content (AvgIpc) is 2.47. The van der Waals surface area contributed by atoms with Crippen LogP contribution in [0.4, 0.5) is 11.6 Å². The molecule has 0 radical (unpaired) electrons. The van der Waals surface area contributed by atoms with Crippen molar-refractivity contribution in [1.82, 2.24) is 9.97 Å². The minimum absolute atomic E-state index is 0.292. The second kappa shape index (κ2) is 7.24. The number of rotatable bonds is 4. The molecule has 2 fully saturated rings. The summed E-state index contributed by atoms with van der Waals surface area (Å²) in [5.74, 6) is 1.74. The first-order chi connectivity index (χ1) is 10.7. The second-order valence-electron chi connectivity index (χ2n) is 6.42. The van der Waals surface area contributed by atoms with E-state index in [1.807, 2.05) is 6.07 Å². The van der Waals surface area contributed by atoms with Crippen LogP contribution in [0.2, 0.25) is 0 Å². The number of anilines is 2. The number of nitrogens with one attached hydrogen (secondary N) is 2. The highest BCUT2D eigenvalue weighted by molar-refractivity contribution is 5.47. The summed E-state index contributed by atoms with van der Waals surface area (Å²) in [6, 6.07) is 2.73. The molecule has 2 aliphatic rings. The van der Waals surface area contributed by atoms with Gasteiger partial charge in [-0.1, -0.05) is 0 Å². The molecule has 1 aromatic rings. The molecule has 122 valence electrons. The Balaban J connectivity index is 1.58. The molecule has 22 heavy (non-hydrogen) atoms. The third kappa shape index (κ3) is 4.30. The molecule has 3 rings (SSSR count). The molecule has 0 bridgehead atoms. The molecule has 2 aliphatic heterocycles. The summed E-state index contributed by atoms with van der Waals surface area (Å²) in [6.45, 7) is 5.87. The lowest BCUT2D eigenvalue weighted by atomic mass is 10.00. The van der Waals surface area contributed by atoms with Crippen molar-refractivity contribution in [2.45, 2.75) is 63.8 Å². The summed E-state index contributed by atoms with van der Waals surface area (Å²) < 4.78 is 11.3. The van der Waals surface area contributed by atoms with Crippen LogP contribution in [0.25, 0.3) is 0 Å². The van der Waals surface area contributed by atoms with Crippen LogP contribution in [0.3, 0.4) is 0 Å². The lowest BCUT2D eigenvalue weighted by molar-refractivity contribution is -0.0338. The number of ether oxygens (including phenoxy) is 2. The standard InChI is InChI=1S/C16H26N4O2/c1-11-6-14(7-12(2)22-11)20-16-8-15(17-10-18-16)19-13-4-3-5-21-9-13/h8,10-14H,3-7,9H2,1-2H3,(H2,17,18,19,20)/t11-,12-,13+/m1/s1. The van der Waals surface area contributed by atoms with Gasteiger partial charge < -0.3 is 20.1 Å². The molecule has 6 heteroatoms. The van der Waals surface area contributed by atoms with Crippen molar-refractivity contribution in [3.8, 4) is 0 Å². The van der Waals surface area contributed by atoms with Gasteiger partial charge >= 0.3 is 0 Å². The third-order valence-corrected chi connectivity index (χ3v) is 4.23. The van der Waals surface area contributed by atoms with Gasteiger partial charge in [0.25, 0.3) is 0 Å². The first kappa shape index (κ1) is 15.5. The molecule has 0 spiro atoms. The van der Waals surface area contributed by atoms with Crippen molar-refractivity contribution in [1.29, 1.82) is 0 Å². The van der Waals surface area contributed by atoms with E-state index >= 15 is 0 Å². The van der Waals surface area contributed by atoms with Gasteiger partial charge in [-0.25, -0.2) is 9.97 Å². The van der Waals surface area contributed by atoms with Gasteiger partial charge in [0.2, 0.25) is 0 Å². The predicted molar refractivity (Wildman–Crippen MR) is 86.1 cm³/mol. The van der Waals surface area contributed by atoms with E-state index in [1.54, 1.807) is 6.33 Å². The summed E-state index contributed by atoms with van der Waals surface area (Å²) in [5, 5.41) is 6.95. The van der Waals surface area contributed by atoms with Gasteiger partial charge in [0.05, 0.1) is 24.9 Å². The first-order valence-corrected chi connectivity index (χ1v) is 8.27. The summed E-state index contributed by atoms with van der Waals surface area (Å²) >= 11 is 0. The summed E-state index contributed by atoms with van der Waals surface area (Å²) in [4.78, 5) is 8.66. The van der Waals surface area contributed by atoms with Gasteiger partial charge in [0.1, 0.15) is 18.0 Å². The van der Waals surface area contributed by atoms with Crippen molar-refractivity contribution in [2.75, 3.05) is 23.8 Å². The molecule has 0 aliphatic carbocycles. The quantitative estimate of drug-likeness (QED) is 0.890. The fraction of sp³-hybridized carbons (Fsp3) is 0.750. The summed E-state index contributed by atoms with van der Waals surface area (Å²) in [7, 11) is 0. The monoisotopic (exact) mass is 306 g/mol. The fourth-order valence-electron chi connectivity index (χ4n) is 3.31. The van der Waals surface area contributed by atoms with Crippen molar-refractivity contribution in [3.63, 3.8) is 0 Å². The highest BCUT2D eigenvalue weighted by Gasteiger charge is 2.24. The van der Waals surface area contributed by atoms with Gasteiger partial charge in [-0.15, -0.1) is 0 Å². The molecule has 0 saturated carbocycles. The summed E-state index contributed by atoms with van der Waals surface area (Å²) in [5.41, 5.74) is 0. The molecule has 0 unspecified atom stereocenters. The maximum absolute atomic E-state index is 5.78. The van der Waals surface area contributed by atoms with E-state index in [4.69, 9.17) is 9.47 Å². The number of hydrogen-bond donors (Lipinski definition) is 2. The normalized spacial score (nSPS) is 32.5. The lowest BCUT2D eigenvalue weighted by Crippen LogP contribution is -2.37. The molecule has 0 amide bonds. The molecule has 1 aromatic heterocycles. The van der Waals surface area contributed by atoms with E-state index in [0.717, 1.165) is 50.5 Å². The van der Waals surface area contributed by atoms with Crippen LogP contribution >= 0.6 is 0 Å². The molecule has 2 N–H and O–H groups in total. The maximum Gasteiger partial charge on any atom is 0.131 e. The minimum Gasteiger partial charge on any atom is -0.379 e. The average molecular weight is 306 g/mol. The van der Waals surface area contributed by atoms with Gasteiger partial charge in [0.15, 0.2) is 0 Å². The van der Waals surface area contributed by atoms with Crippen molar-refractivity contribution in [2.24, 2.45) is 0 Å².